The maximum atomic E-state index is 13.5. The number of hydrogen-bond donors (Lipinski definition) is 2. The highest BCUT2D eigenvalue weighted by Gasteiger charge is 2.21. The Bertz CT molecular complexity index is 1720. The van der Waals surface area contributed by atoms with Crippen LogP contribution in [0.2, 0.25) is 5.02 Å². The molecule has 0 radical (unpaired) electrons. The molecule has 0 unspecified atom stereocenters. The van der Waals surface area contributed by atoms with E-state index in [-0.39, 0.29) is 17.0 Å². The first-order valence-electron chi connectivity index (χ1n) is 12.7. The fourth-order valence-electron chi connectivity index (χ4n) is 4.36. The summed E-state index contributed by atoms with van der Waals surface area (Å²) in [7, 11) is 1.49. The van der Waals surface area contributed by atoms with Gasteiger partial charge in [0.25, 0.3) is 5.91 Å². The number of nitrogens with two attached hydrogens (primary N) is 1. The third-order valence-electron chi connectivity index (χ3n) is 6.38. The molecule has 0 fully saturated rings. The van der Waals surface area contributed by atoms with E-state index in [1.54, 1.807) is 30.3 Å². The van der Waals surface area contributed by atoms with E-state index >= 15 is 0 Å². The molecule has 0 heterocycles. The fourth-order valence-corrected chi connectivity index (χ4v) is 4.52. The van der Waals surface area contributed by atoms with Crippen molar-refractivity contribution in [2.45, 2.75) is 6.42 Å². The van der Waals surface area contributed by atoms with Crippen LogP contribution < -0.4 is 25.3 Å². The van der Waals surface area contributed by atoms with Crippen molar-refractivity contribution in [3.05, 3.63) is 107 Å². The van der Waals surface area contributed by atoms with Gasteiger partial charge in [-0.25, -0.2) is 4.79 Å². The molecule has 0 saturated heterocycles. The molecule has 202 valence electrons. The molecule has 0 aromatic heterocycles. The molecule has 0 aliphatic carbocycles. The standard InChI is InChI=1S/C32H27ClN2O5/c1-38-28-17-22-9-4-3-8-21(22)16-26(28)32(37)40-30-19-24(33)11-12-27(30)35-31(36)25-15-20-7-2-5-10-23(20)18-29(25)39-14-6-13-34/h2-5,7-12,15-19H,6,13-14,34H2,1H3,(H,35,36). The Hall–Kier alpha value is -4.59. The van der Waals surface area contributed by atoms with Crippen molar-refractivity contribution < 1.29 is 23.8 Å². The zero-order chi connectivity index (χ0) is 28.1. The summed E-state index contributed by atoms with van der Waals surface area (Å²) in [4.78, 5) is 26.9. The van der Waals surface area contributed by atoms with Crippen LogP contribution in [0.4, 0.5) is 5.69 Å². The number of ether oxygens (including phenoxy) is 3. The Morgan fingerprint density at radius 2 is 1.38 bits per heavy atom. The summed E-state index contributed by atoms with van der Waals surface area (Å²) in [6, 6.07) is 27.0. The zero-order valence-electron chi connectivity index (χ0n) is 21.8. The maximum Gasteiger partial charge on any atom is 0.347 e. The second kappa shape index (κ2) is 12.1. The van der Waals surface area contributed by atoms with E-state index in [1.165, 1.54) is 13.2 Å². The van der Waals surface area contributed by atoms with Gasteiger partial charge in [-0.3, -0.25) is 4.79 Å². The number of nitrogens with one attached hydrogen (secondary N) is 1. The molecule has 5 aromatic rings. The van der Waals surface area contributed by atoms with Crippen molar-refractivity contribution in [3.8, 4) is 17.2 Å². The number of methoxy groups -OCH3 is 1. The second-order valence-corrected chi connectivity index (χ2v) is 9.51. The lowest BCUT2D eigenvalue weighted by Crippen LogP contribution is -2.17. The summed E-state index contributed by atoms with van der Waals surface area (Å²) in [6.45, 7) is 0.836. The van der Waals surface area contributed by atoms with E-state index in [1.807, 2.05) is 54.6 Å². The summed E-state index contributed by atoms with van der Waals surface area (Å²) >= 11 is 6.24. The Balaban J connectivity index is 1.46. The Morgan fingerprint density at radius 1 is 0.775 bits per heavy atom. The molecule has 0 spiro atoms. The van der Waals surface area contributed by atoms with Gasteiger partial charge in [-0.1, -0.05) is 60.1 Å². The van der Waals surface area contributed by atoms with E-state index in [4.69, 9.17) is 31.5 Å². The van der Waals surface area contributed by atoms with Gasteiger partial charge >= 0.3 is 5.97 Å². The van der Waals surface area contributed by atoms with Crippen molar-refractivity contribution >= 4 is 50.7 Å². The fraction of sp³-hybridized carbons (Fsp3) is 0.125. The molecular formula is C32H27ClN2O5. The molecule has 0 saturated carbocycles. The number of anilines is 1. The minimum atomic E-state index is -0.656. The molecular weight excluding hydrogens is 528 g/mol. The number of hydrogen-bond acceptors (Lipinski definition) is 6. The van der Waals surface area contributed by atoms with Gasteiger partial charge in [0.2, 0.25) is 0 Å². The molecule has 7 nitrogen and oxygen atoms in total. The highest BCUT2D eigenvalue weighted by Crippen LogP contribution is 2.33. The molecule has 1 amide bonds. The van der Waals surface area contributed by atoms with Gasteiger partial charge in [0.1, 0.15) is 17.1 Å². The van der Waals surface area contributed by atoms with Gasteiger partial charge in [-0.15, -0.1) is 0 Å². The van der Waals surface area contributed by atoms with Crippen LogP contribution in [0.1, 0.15) is 27.1 Å². The van der Waals surface area contributed by atoms with E-state index in [2.05, 4.69) is 5.32 Å². The lowest BCUT2D eigenvalue weighted by Gasteiger charge is -2.16. The number of carbonyl (C=O) groups is 2. The molecule has 0 atom stereocenters. The van der Waals surface area contributed by atoms with Crippen LogP contribution in [0, 0.1) is 0 Å². The number of carbonyl (C=O) groups excluding carboxylic acids is 2. The first-order valence-corrected chi connectivity index (χ1v) is 13.1. The minimum absolute atomic E-state index is 0.0902. The van der Waals surface area contributed by atoms with Gasteiger partial charge in [0.15, 0.2) is 5.75 Å². The van der Waals surface area contributed by atoms with Crippen LogP contribution in [-0.4, -0.2) is 32.1 Å². The zero-order valence-corrected chi connectivity index (χ0v) is 22.5. The molecule has 8 heteroatoms. The molecule has 3 N–H and O–H groups in total. The van der Waals surface area contributed by atoms with E-state index < -0.39 is 11.9 Å². The Labute approximate surface area is 236 Å². The highest BCUT2D eigenvalue weighted by atomic mass is 35.5. The topological polar surface area (TPSA) is 99.9 Å². The molecule has 0 aliphatic rings. The Kier molecular flexibility index (Phi) is 8.15. The van der Waals surface area contributed by atoms with Crippen molar-refractivity contribution in [1.29, 1.82) is 0 Å². The van der Waals surface area contributed by atoms with Crippen molar-refractivity contribution in [1.82, 2.24) is 0 Å². The lowest BCUT2D eigenvalue weighted by atomic mass is 10.0. The van der Waals surface area contributed by atoms with Crippen molar-refractivity contribution in [2.75, 3.05) is 25.6 Å². The van der Waals surface area contributed by atoms with Crippen LogP contribution in [0.3, 0.4) is 0 Å². The van der Waals surface area contributed by atoms with Gasteiger partial charge in [0, 0.05) is 11.1 Å². The van der Waals surface area contributed by atoms with E-state index in [0.29, 0.717) is 41.7 Å². The monoisotopic (exact) mass is 554 g/mol. The average Bonchev–Trinajstić information content (AvgIpc) is 2.97. The van der Waals surface area contributed by atoms with Crippen molar-refractivity contribution in [3.63, 3.8) is 0 Å². The summed E-state index contributed by atoms with van der Waals surface area (Å²) in [5.74, 6) is -0.203. The van der Waals surface area contributed by atoms with Crippen molar-refractivity contribution in [2.24, 2.45) is 5.73 Å². The first-order chi connectivity index (χ1) is 19.5. The number of rotatable bonds is 9. The number of esters is 1. The van der Waals surface area contributed by atoms with Crippen LogP contribution in [0.25, 0.3) is 21.5 Å². The van der Waals surface area contributed by atoms with Crippen LogP contribution in [-0.2, 0) is 0 Å². The number of halogens is 1. The van der Waals surface area contributed by atoms with Crippen LogP contribution >= 0.6 is 11.6 Å². The summed E-state index contributed by atoms with van der Waals surface area (Å²) in [6.07, 6.45) is 0.642. The van der Waals surface area contributed by atoms with Crippen LogP contribution in [0.5, 0.6) is 17.2 Å². The molecule has 40 heavy (non-hydrogen) atoms. The first kappa shape index (κ1) is 27.0. The van der Waals surface area contributed by atoms with E-state index in [0.717, 1.165) is 21.5 Å². The van der Waals surface area contributed by atoms with Gasteiger partial charge < -0.3 is 25.3 Å². The molecule has 5 rings (SSSR count). The predicted molar refractivity (Wildman–Crippen MR) is 158 cm³/mol. The number of amides is 1. The van der Waals surface area contributed by atoms with Gasteiger partial charge in [-0.2, -0.15) is 0 Å². The van der Waals surface area contributed by atoms with Gasteiger partial charge in [0.05, 0.1) is 25.0 Å². The normalized spacial score (nSPS) is 10.9. The van der Waals surface area contributed by atoms with Crippen LogP contribution in [0.15, 0.2) is 91.0 Å². The second-order valence-electron chi connectivity index (χ2n) is 9.07. The summed E-state index contributed by atoms with van der Waals surface area (Å²) in [5, 5.41) is 6.78. The third kappa shape index (κ3) is 5.86. The number of fused-ring (bicyclic) bond motifs is 2. The minimum Gasteiger partial charge on any atom is -0.496 e. The number of benzene rings is 5. The smallest absolute Gasteiger partial charge is 0.347 e. The maximum absolute atomic E-state index is 13.5. The molecule has 0 bridgehead atoms. The van der Waals surface area contributed by atoms with E-state index in [9.17, 15) is 9.59 Å². The molecule has 5 aromatic carbocycles. The predicted octanol–water partition coefficient (Wildman–Crippen LogP) is 6.85. The van der Waals surface area contributed by atoms with Gasteiger partial charge in [-0.05, 0) is 70.9 Å². The summed E-state index contributed by atoms with van der Waals surface area (Å²) < 4.78 is 17.1. The quantitative estimate of drug-likeness (QED) is 0.117. The lowest BCUT2D eigenvalue weighted by molar-refractivity contribution is 0.0731. The largest absolute Gasteiger partial charge is 0.496 e. The highest BCUT2D eigenvalue weighted by molar-refractivity contribution is 6.31. The third-order valence-corrected chi connectivity index (χ3v) is 6.62. The SMILES string of the molecule is COc1cc2ccccc2cc1C(=O)Oc1cc(Cl)ccc1NC(=O)c1cc2ccccc2cc1OCCCN. The average molecular weight is 555 g/mol. The summed E-state index contributed by atoms with van der Waals surface area (Å²) in [5.41, 5.74) is 6.46. The Morgan fingerprint density at radius 3 is 2.00 bits per heavy atom. The molecule has 0 aliphatic heterocycles.